The van der Waals surface area contributed by atoms with E-state index in [2.05, 4.69) is 17.0 Å². The first-order valence-electron chi connectivity index (χ1n) is 13.5. The van der Waals surface area contributed by atoms with Crippen LogP contribution in [0.25, 0.3) is 0 Å². The summed E-state index contributed by atoms with van der Waals surface area (Å²) in [6.45, 7) is 2.40. The summed E-state index contributed by atoms with van der Waals surface area (Å²) in [5.41, 5.74) is 4.27. The maximum absolute atomic E-state index is 15.1. The molecule has 1 amide bonds. The molecule has 0 aliphatic carbocycles. The number of halogens is 2. The zero-order valence-corrected chi connectivity index (χ0v) is 23.8. The number of Topliss-reactive ketones (excluding diaryl/α,β-unsaturated/α-hetero) is 1. The minimum absolute atomic E-state index is 0.175. The number of nitrogens with zero attached hydrogens (tertiary/aromatic N) is 2. The van der Waals surface area contributed by atoms with Crippen molar-refractivity contribution in [3.8, 4) is 0 Å². The van der Waals surface area contributed by atoms with Gasteiger partial charge in [-0.15, -0.1) is 0 Å². The molecule has 3 atom stereocenters. The Labute approximate surface area is 248 Å². The molecule has 2 unspecified atom stereocenters. The highest BCUT2D eigenvalue weighted by Crippen LogP contribution is 2.62. The van der Waals surface area contributed by atoms with Crippen molar-refractivity contribution in [3.05, 3.63) is 141 Å². The number of carbonyl (C=O) groups is 2. The van der Waals surface area contributed by atoms with Gasteiger partial charge >= 0.3 is 0 Å². The monoisotopic (exact) mass is 580 g/mol. The number of ketones is 1. The highest BCUT2D eigenvalue weighted by atomic mass is 35.5. The third kappa shape index (κ3) is 3.91. The Morgan fingerprint density at radius 3 is 2.10 bits per heavy atom. The molecule has 0 aromatic heterocycles. The fraction of sp³-hybridized carbons (Fsp3) is 0.176. The molecule has 3 aliphatic rings. The van der Waals surface area contributed by atoms with Gasteiger partial charge in [0.1, 0.15) is 5.41 Å². The Hall–Kier alpha value is -4.06. The van der Waals surface area contributed by atoms with Crippen LogP contribution in [-0.2, 0) is 32.8 Å². The molecule has 0 saturated carbocycles. The number of carbonyl (C=O) groups excluding carboxylic acids is 2. The molecule has 0 fully saturated rings. The molecule has 0 N–H and O–H groups in total. The van der Waals surface area contributed by atoms with Crippen molar-refractivity contribution >= 4 is 46.3 Å². The van der Waals surface area contributed by atoms with E-state index in [1.54, 1.807) is 11.0 Å². The maximum Gasteiger partial charge on any atom is 0.243 e. The van der Waals surface area contributed by atoms with Crippen LogP contribution in [0.3, 0.4) is 0 Å². The number of fused-ring (bicyclic) bond motifs is 6. The van der Waals surface area contributed by atoms with Crippen LogP contribution in [0, 0.1) is 0 Å². The van der Waals surface area contributed by atoms with Gasteiger partial charge in [-0.05, 0) is 65.6 Å². The van der Waals surface area contributed by atoms with E-state index >= 15 is 4.79 Å². The van der Waals surface area contributed by atoms with Crippen LogP contribution in [-0.4, -0.2) is 17.9 Å². The summed E-state index contributed by atoms with van der Waals surface area (Å²) in [6.07, 6.45) is 0.947. The first-order chi connectivity index (χ1) is 19.9. The molecule has 7 rings (SSSR count). The van der Waals surface area contributed by atoms with Crippen molar-refractivity contribution < 1.29 is 14.3 Å². The van der Waals surface area contributed by atoms with E-state index < -0.39 is 17.6 Å². The van der Waals surface area contributed by atoms with E-state index in [4.69, 9.17) is 27.9 Å². The van der Waals surface area contributed by atoms with Gasteiger partial charge in [-0.1, -0.05) is 83.9 Å². The number of anilines is 2. The van der Waals surface area contributed by atoms with Crippen molar-refractivity contribution in [3.63, 3.8) is 0 Å². The van der Waals surface area contributed by atoms with E-state index in [1.165, 1.54) is 13.2 Å². The van der Waals surface area contributed by atoms with Crippen LogP contribution in [0.4, 0.5) is 11.4 Å². The molecule has 5 nitrogen and oxygen atoms in total. The summed E-state index contributed by atoms with van der Waals surface area (Å²) >= 11 is 13.2. The van der Waals surface area contributed by atoms with Crippen molar-refractivity contribution in [2.75, 3.05) is 9.80 Å². The second kappa shape index (κ2) is 9.79. The minimum Gasteiger partial charge on any atom is -0.477 e. The van der Waals surface area contributed by atoms with Gasteiger partial charge in [0.15, 0.2) is 12.0 Å². The van der Waals surface area contributed by atoms with Gasteiger partial charge in [-0.3, -0.25) is 9.59 Å². The molecule has 204 valence electrons. The molecule has 0 saturated heterocycles. The Bertz CT molecular complexity index is 1720. The van der Waals surface area contributed by atoms with Crippen LogP contribution < -0.4 is 9.80 Å². The number of ether oxygens (including phenoxy) is 1. The third-order valence-corrected chi connectivity index (χ3v) is 8.93. The van der Waals surface area contributed by atoms with E-state index in [-0.39, 0.29) is 11.7 Å². The first kappa shape index (κ1) is 25.9. The molecule has 4 aromatic rings. The number of benzene rings is 4. The highest BCUT2D eigenvalue weighted by molar-refractivity contribution is 6.31. The Morgan fingerprint density at radius 2 is 1.44 bits per heavy atom. The molecule has 0 radical (unpaired) electrons. The largest absolute Gasteiger partial charge is 0.477 e. The summed E-state index contributed by atoms with van der Waals surface area (Å²) in [5, 5.41) is 1.05. The van der Waals surface area contributed by atoms with Gasteiger partial charge in [0, 0.05) is 28.0 Å². The Kier molecular flexibility index (Phi) is 6.18. The van der Waals surface area contributed by atoms with Crippen LogP contribution in [0.1, 0.15) is 35.1 Å². The molecule has 41 heavy (non-hydrogen) atoms. The van der Waals surface area contributed by atoms with E-state index in [1.807, 2.05) is 78.9 Å². The van der Waals surface area contributed by atoms with Crippen molar-refractivity contribution in [2.45, 2.75) is 37.6 Å². The summed E-state index contributed by atoms with van der Waals surface area (Å²) in [5.74, 6) is -0.950. The fourth-order valence-electron chi connectivity index (χ4n) is 6.80. The molecule has 7 heteroatoms. The van der Waals surface area contributed by atoms with Gasteiger partial charge in [0.2, 0.25) is 5.91 Å². The van der Waals surface area contributed by atoms with Gasteiger partial charge in [0.05, 0.1) is 24.3 Å². The van der Waals surface area contributed by atoms with Crippen LogP contribution in [0.2, 0.25) is 10.0 Å². The van der Waals surface area contributed by atoms with Gasteiger partial charge in [0.25, 0.3) is 0 Å². The number of hydrogen-bond donors (Lipinski definition) is 0. The summed E-state index contributed by atoms with van der Waals surface area (Å²) in [4.78, 5) is 32.4. The zero-order chi connectivity index (χ0) is 28.3. The highest BCUT2D eigenvalue weighted by Gasteiger charge is 2.66. The van der Waals surface area contributed by atoms with E-state index in [9.17, 15) is 4.79 Å². The van der Waals surface area contributed by atoms with E-state index in [0.717, 1.165) is 28.1 Å². The minimum atomic E-state index is -1.35. The Balaban J connectivity index is 1.47. The summed E-state index contributed by atoms with van der Waals surface area (Å²) < 4.78 is 6.41. The van der Waals surface area contributed by atoms with Crippen LogP contribution >= 0.6 is 23.2 Å². The zero-order valence-electron chi connectivity index (χ0n) is 22.3. The number of rotatable bonds is 5. The lowest BCUT2D eigenvalue weighted by Crippen LogP contribution is -2.54. The van der Waals surface area contributed by atoms with Crippen molar-refractivity contribution in [1.82, 2.24) is 0 Å². The summed E-state index contributed by atoms with van der Waals surface area (Å²) in [7, 11) is 0. The average molecular weight is 581 g/mol. The summed E-state index contributed by atoms with van der Waals surface area (Å²) in [6, 6.07) is 31.2. The predicted octanol–water partition coefficient (Wildman–Crippen LogP) is 7.41. The second-order valence-corrected chi connectivity index (χ2v) is 11.6. The molecule has 4 aromatic carbocycles. The van der Waals surface area contributed by atoms with Crippen LogP contribution in [0.15, 0.2) is 109 Å². The normalized spacial score (nSPS) is 22.2. The predicted molar refractivity (Wildman–Crippen MR) is 161 cm³/mol. The number of hydrogen-bond acceptors (Lipinski definition) is 4. The topological polar surface area (TPSA) is 49.9 Å². The SMILES string of the molecule is CC(=O)C1=COC2C(c3cc(Cl)ccc3N2Cc2ccccc2)[C@]12C(=O)N(Cc1ccccc1)c1ccc(Cl)cc12. The second-order valence-electron chi connectivity index (χ2n) is 10.8. The van der Waals surface area contributed by atoms with Gasteiger partial charge in [-0.25, -0.2) is 0 Å². The first-order valence-corrected chi connectivity index (χ1v) is 14.3. The quantitative estimate of drug-likeness (QED) is 0.246. The maximum atomic E-state index is 15.1. The smallest absolute Gasteiger partial charge is 0.243 e. The Morgan fingerprint density at radius 1 is 0.829 bits per heavy atom. The van der Waals surface area contributed by atoms with Crippen molar-refractivity contribution in [2.24, 2.45) is 0 Å². The lowest BCUT2D eigenvalue weighted by atomic mass is 9.62. The molecular weight excluding hydrogens is 555 g/mol. The number of amides is 1. The van der Waals surface area contributed by atoms with Crippen molar-refractivity contribution in [1.29, 1.82) is 0 Å². The lowest BCUT2D eigenvalue weighted by Gasteiger charge is -2.43. The lowest BCUT2D eigenvalue weighted by molar-refractivity contribution is -0.127. The third-order valence-electron chi connectivity index (χ3n) is 8.46. The fourth-order valence-corrected chi connectivity index (χ4v) is 7.15. The standard InChI is InChI=1S/C34H26Cl2N2O3/c1-21(39)28-20-41-32-31(26-16-24(35)12-14-29(26)37(32)18-22-8-4-2-5-9-22)34(28)27-17-25(36)13-15-30(27)38(33(34)40)19-23-10-6-3-7-11-23/h2-17,20,31-32H,18-19H2,1H3/t31?,32?,34-/m1/s1. The molecule has 1 spiro atoms. The molecule has 3 heterocycles. The van der Waals surface area contributed by atoms with Crippen LogP contribution in [0.5, 0.6) is 0 Å². The average Bonchev–Trinajstić information content (AvgIpc) is 3.39. The molecule has 3 aliphatic heterocycles. The van der Waals surface area contributed by atoms with E-state index in [0.29, 0.717) is 34.3 Å². The molecule has 0 bridgehead atoms. The molecular formula is C34H26Cl2N2O3. The van der Waals surface area contributed by atoms with Gasteiger partial charge < -0.3 is 14.5 Å². The van der Waals surface area contributed by atoms with Gasteiger partial charge in [-0.2, -0.15) is 0 Å².